The van der Waals surface area contributed by atoms with Gasteiger partial charge in [0.05, 0.1) is 5.56 Å². The molecule has 2 aliphatic rings. The van der Waals surface area contributed by atoms with E-state index in [1.165, 1.54) is 25.3 Å². The summed E-state index contributed by atoms with van der Waals surface area (Å²) in [6, 6.07) is 3.95. The van der Waals surface area contributed by atoms with Gasteiger partial charge in [-0.15, -0.1) is 0 Å². The molecule has 2 saturated carbocycles. The lowest BCUT2D eigenvalue weighted by Gasteiger charge is -2.38. The molecule has 2 aliphatic carbocycles. The van der Waals surface area contributed by atoms with Crippen molar-refractivity contribution in [3.05, 3.63) is 29.3 Å². The van der Waals surface area contributed by atoms with Crippen LogP contribution in [-0.4, -0.2) is 30.6 Å². The van der Waals surface area contributed by atoms with Gasteiger partial charge >= 0.3 is 6.18 Å². The predicted molar refractivity (Wildman–Crippen MR) is 83.3 cm³/mol. The molecule has 0 heterocycles. The van der Waals surface area contributed by atoms with Crippen LogP contribution in [0, 0.1) is 17.8 Å². The van der Waals surface area contributed by atoms with Crippen molar-refractivity contribution < 1.29 is 18.3 Å². The van der Waals surface area contributed by atoms with Crippen LogP contribution in [0.2, 0.25) is 0 Å². The van der Waals surface area contributed by atoms with Gasteiger partial charge in [-0.2, -0.15) is 13.2 Å². The Balaban J connectivity index is 1.90. The minimum absolute atomic E-state index is 0.247. The van der Waals surface area contributed by atoms with Gasteiger partial charge in [0, 0.05) is 6.54 Å². The highest BCUT2D eigenvalue weighted by Crippen LogP contribution is 2.52. The van der Waals surface area contributed by atoms with Crippen LogP contribution in [0.3, 0.4) is 0 Å². The van der Waals surface area contributed by atoms with Crippen LogP contribution in [0.15, 0.2) is 18.2 Å². The summed E-state index contributed by atoms with van der Waals surface area (Å²) in [5, 5.41) is 9.84. The van der Waals surface area contributed by atoms with Crippen molar-refractivity contribution in [1.82, 2.24) is 4.90 Å². The van der Waals surface area contributed by atoms with Gasteiger partial charge in [-0.05, 0) is 74.7 Å². The van der Waals surface area contributed by atoms with Crippen molar-refractivity contribution in [1.29, 1.82) is 0 Å². The van der Waals surface area contributed by atoms with Crippen LogP contribution in [0.25, 0.3) is 0 Å². The van der Waals surface area contributed by atoms with Crippen LogP contribution in [0.5, 0.6) is 5.75 Å². The van der Waals surface area contributed by atoms with Gasteiger partial charge in [0.1, 0.15) is 5.75 Å². The molecule has 2 nitrogen and oxygen atoms in total. The third-order valence-electron chi connectivity index (χ3n) is 5.62. The van der Waals surface area contributed by atoms with Gasteiger partial charge in [0.25, 0.3) is 0 Å². The van der Waals surface area contributed by atoms with Crippen molar-refractivity contribution >= 4 is 0 Å². The standard InChI is InChI=1S/C18H24F3NO/c1-22(2)10-15-12-4-3-11(7-12)8-14(15)13-5-6-16(17(23)9-13)18(19,20)21/h5-6,9,11-12,14-15,23H,3-4,7-8,10H2,1-2H3/t11?,12-,14?,15-/m0/s1. The molecule has 0 saturated heterocycles. The van der Waals surface area contributed by atoms with Crippen molar-refractivity contribution in [2.45, 2.75) is 37.8 Å². The number of nitrogens with zero attached hydrogens (tertiary/aromatic N) is 1. The highest BCUT2D eigenvalue weighted by atomic mass is 19.4. The van der Waals surface area contributed by atoms with Gasteiger partial charge in [-0.1, -0.05) is 12.5 Å². The maximum absolute atomic E-state index is 12.8. The summed E-state index contributed by atoms with van der Waals surface area (Å²) in [4.78, 5) is 2.17. The van der Waals surface area contributed by atoms with Crippen LogP contribution in [0.1, 0.15) is 42.7 Å². The minimum Gasteiger partial charge on any atom is -0.507 e. The predicted octanol–water partition coefficient (Wildman–Crippen LogP) is 4.49. The maximum Gasteiger partial charge on any atom is 0.419 e. The third kappa shape index (κ3) is 3.35. The number of alkyl halides is 3. The monoisotopic (exact) mass is 327 g/mol. The van der Waals surface area contributed by atoms with E-state index in [-0.39, 0.29) is 5.92 Å². The Morgan fingerprint density at radius 2 is 1.91 bits per heavy atom. The summed E-state index contributed by atoms with van der Waals surface area (Å²) >= 11 is 0. The topological polar surface area (TPSA) is 23.5 Å². The number of rotatable bonds is 3. The Kier molecular flexibility index (Phi) is 4.34. The van der Waals surface area contributed by atoms with E-state index in [2.05, 4.69) is 4.90 Å². The molecule has 0 aromatic heterocycles. The Hall–Kier alpha value is -1.23. The number of hydrogen-bond donors (Lipinski definition) is 1. The lowest BCUT2D eigenvalue weighted by molar-refractivity contribution is -0.138. The van der Waals surface area contributed by atoms with E-state index in [4.69, 9.17) is 0 Å². The van der Waals surface area contributed by atoms with Gasteiger partial charge in [-0.25, -0.2) is 0 Å². The Morgan fingerprint density at radius 1 is 1.17 bits per heavy atom. The SMILES string of the molecule is CN(C)C[C@@H]1C(c2ccc(C(F)(F)F)c(O)c2)CC2CC[C@H]1C2. The maximum atomic E-state index is 12.8. The van der Waals surface area contributed by atoms with Crippen molar-refractivity contribution in [2.75, 3.05) is 20.6 Å². The number of phenols is 1. The molecule has 3 rings (SSSR count). The molecular weight excluding hydrogens is 303 g/mol. The first-order valence-corrected chi connectivity index (χ1v) is 8.30. The molecule has 0 amide bonds. The molecule has 2 bridgehead atoms. The van der Waals surface area contributed by atoms with E-state index in [1.807, 2.05) is 14.1 Å². The number of phenolic OH excluding ortho intramolecular Hbond substituents is 1. The summed E-state index contributed by atoms with van der Waals surface area (Å²) < 4.78 is 38.5. The highest BCUT2D eigenvalue weighted by molar-refractivity contribution is 5.40. The molecule has 2 fully saturated rings. The van der Waals surface area contributed by atoms with Gasteiger partial charge in [-0.3, -0.25) is 0 Å². The van der Waals surface area contributed by atoms with Gasteiger partial charge in [0.2, 0.25) is 0 Å². The fraction of sp³-hybridized carbons (Fsp3) is 0.667. The van der Waals surface area contributed by atoms with E-state index in [0.717, 1.165) is 24.6 Å². The zero-order chi connectivity index (χ0) is 16.8. The molecule has 0 radical (unpaired) electrons. The molecule has 2 unspecified atom stereocenters. The van der Waals surface area contributed by atoms with E-state index < -0.39 is 17.5 Å². The molecule has 128 valence electrons. The van der Waals surface area contributed by atoms with Crippen molar-refractivity contribution in [3.8, 4) is 5.75 Å². The lowest BCUT2D eigenvalue weighted by Crippen LogP contribution is -2.34. The third-order valence-corrected chi connectivity index (χ3v) is 5.62. The summed E-state index contributed by atoms with van der Waals surface area (Å²) in [6.07, 6.45) is 0.239. The minimum atomic E-state index is -4.50. The highest BCUT2D eigenvalue weighted by Gasteiger charge is 2.43. The first-order valence-electron chi connectivity index (χ1n) is 8.30. The van der Waals surface area contributed by atoms with E-state index in [1.54, 1.807) is 6.07 Å². The molecule has 1 aromatic carbocycles. The Bertz CT molecular complexity index is 570. The summed E-state index contributed by atoms with van der Waals surface area (Å²) in [6.45, 7) is 0.948. The van der Waals surface area contributed by atoms with Crippen molar-refractivity contribution in [2.24, 2.45) is 17.8 Å². The number of aromatic hydroxyl groups is 1. The largest absolute Gasteiger partial charge is 0.507 e. The smallest absolute Gasteiger partial charge is 0.419 e. The molecule has 5 heteroatoms. The number of halogens is 3. The second-order valence-corrected chi connectivity index (χ2v) is 7.48. The summed E-state index contributed by atoms with van der Waals surface area (Å²) in [7, 11) is 4.09. The number of benzene rings is 1. The lowest BCUT2D eigenvalue weighted by atomic mass is 9.69. The van der Waals surface area contributed by atoms with E-state index in [0.29, 0.717) is 17.8 Å². The van der Waals surface area contributed by atoms with Crippen LogP contribution >= 0.6 is 0 Å². The Labute approximate surface area is 135 Å². The summed E-state index contributed by atoms with van der Waals surface area (Å²) in [5.41, 5.74) is -0.0804. The second-order valence-electron chi connectivity index (χ2n) is 7.48. The zero-order valence-corrected chi connectivity index (χ0v) is 13.6. The number of fused-ring (bicyclic) bond motifs is 2. The molecule has 1 N–H and O–H groups in total. The molecule has 4 atom stereocenters. The summed E-state index contributed by atoms with van der Waals surface area (Å²) in [5.74, 6) is 1.41. The van der Waals surface area contributed by atoms with Gasteiger partial charge < -0.3 is 10.0 Å². The zero-order valence-electron chi connectivity index (χ0n) is 13.6. The Morgan fingerprint density at radius 3 is 2.52 bits per heavy atom. The van der Waals surface area contributed by atoms with Crippen LogP contribution < -0.4 is 0 Å². The molecular formula is C18H24F3NO. The fourth-order valence-corrected chi connectivity index (χ4v) is 4.68. The average molecular weight is 327 g/mol. The molecule has 23 heavy (non-hydrogen) atoms. The first kappa shape index (κ1) is 16.6. The number of hydrogen-bond acceptors (Lipinski definition) is 2. The second kappa shape index (κ2) is 6.00. The first-order chi connectivity index (χ1) is 10.8. The molecule has 1 aromatic rings. The average Bonchev–Trinajstić information content (AvgIpc) is 2.83. The van der Waals surface area contributed by atoms with Crippen LogP contribution in [0.4, 0.5) is 13.2 Å². The van der Waals surface area contributed by atoms with Crippen LogP contribution in [-0.2, 0) is 6.18 Å². The molecule has 0 aliphatic heterocycles. The van der Waals surface area contributed by atoms with E-state index >= 15 is 0 Å². The molecule has 0 spiro atoms. The normalized spacial score (nSPS) is 30.9. The van der Waals surface area contributed by atoms with Crippen molar-refractivity contribution in [3.63, 3.8) is 0 Å². The van der Waals surface area contributed by atoms with Gasteiger partial charge in [0.15, 0.2) is 0 Å². The quantitative estimate of drug-likeness (QED) is 0.884. The van der Waals surface area contributed by atoms with E-state index in [9.17, 15) is 18.3 Å². The fourth-order valence-electron chi connectivity index (χ4n) is 4.68.